The standard InChI is InChI=1S/C11H14F2O2/c1-15-4-2-3-11(14)8-5-9(12)7-10(13)6-8/h5-7,11,14H,2-4H2,1H3. The van der Waals surface area contributed by atoms with Gasteiger partial charge >= 0.3 is 0 Å². The van der Waals surface area contributed by atoms with Gasteiger partial charge in [-0.1, -0.05) is 0 Å². The average Bonchev–Trinajstić information content (AvgIpc) is 2.16. The number of ether oxygens (including phenoxy) is 1. The zero-order valence-corrected chi connectivity index (χ0v) is 8.54. The monoisotopic (exact) mass is 216 g/mol. The molecule has 1 atom stereocenters. The van der Waals surface area contributed by atoms with Crippen LogP contribution in [0.15, 0.2) is 18.2 Å². The van der Waals surface area contributed by atoms with Crippen LogP contribution in [0.2, 0.25) is 0 Å². The molecule has 0 aliphatic heterocycles. The minimum absolute atomic E-state index is 0.267. The highest BCUT2D eigenvalue weighted by molar-refractivity contribution is 5.20. The fraction of sp³-hybridized carbons (Fsp3) is 0.455. The summed E-state index contributed by atoms with van der Waals surface area (Å²) in [5, 5.41) is 9.61. The predicted octanol–water partition coefficient (Wildman–Crippen LogP) is 2.42. The lowest BCUT2D eigenvalue weighted by Gasteiger charge is -2.10. The van der Waals surface area contributed by atoms with E-state index in [0.717, 1.165) is 18.2 Å². The molecule has 0 fully saturated rings. The lowest BCUT2D eigenvalue weighted by atomic mass is 10.0. The van der Waals surface area contributed by atoms with Gasteiger partial charge in [0.1, 0.15) is 11.6 Å². The van der Waals surface area contributed by atoms with E-state index in [1.165, 1.54) is 0 Å². The van der Waals surface area contributed by atoms with Gasteiger partial charge in [-0.15, -0.1) is 0 Å². The van der Waals surface area contributed by atoms with Crippen LogP contribution in [0.4, 0.5) is 8.78 Å². The molecule has 0 spiro atoms. The first-order valence-electron chi connectivity index (χ1n) is 4.76. The van der Waals surface area contributed by atoms with Crippen molar-refractivity contribution in [2.24, 2.45) is 0 Å². The van der Waals surface area contributed by atoms with E-state index in [4.69, 9.17) is 4.74 Å². The molecule has 84 valence electrons. The second-order valence-electron chi connectivity index (χ2n) is 3.35. The van der Waals surface area contributed by atoms with Crippen LogP contribution in [0.5, 0.6) is 0 Å². The average molecular weight is 216 g/mol. The van der Waals surface area contributed by atoms with Crippen LogP contribution in [0, 0.1) is 11.6 Å². The molecule has 0 bridgehead atoms. The van der Waals surface area contributed by atoms with Crippen LogP contribution < -0.4 is 0 Å². The van der Waals surface area contributed by atoms with E-state index in [0.29, 0.717) is 19.4 Å². The molecule has 1 aromatic carbocycles. The molecule has 1 rings (SSSR count). The molecule has 1 N–H and O–H groups in total. The zero-order chi connectivity index (χ0) is 11.3. The highest BCUT2D eigenvalue weighted by atomic mass is 19.1. The maximum absolute atomic E-state index is 12.8. The smallest absolute Gasteiger partial charge is 0.126 e. The van der Waals surface area contributed by atoms with Gasteiger partial charge in [-0.25, -0.2) is 8.78 Å². The summed E-state index contributed by atoms with van der Waals surface area (Å²) in [4.78, 5) is 0. The summed E-state index contributed by atoms with van der Waals surface area (Å²) in [6.07, 6.45) is 0.234. The zero-order valence-electron chi connectivity index (χ0n) is 8.54. The summed E-state index contributed by atoms with van der Waals surface area (Å²) < 4.78 is 30.4. The molecular weight excluding hydrogens is 202 g/mol. The molecule has 0 aliphatic rings. The first-order chi connectivity index (χ1) is 7.13. The molecule has 1 aromatic rings. The maximum atomic E-state index is 12.8. The van der Waals surface area contributed by atoms with Crippen molar-refractivity contribution < 1.29 is 18.6 Å². The Morgan fingerprint density at radius 2 is 1.87 bits per heavy atom. The van der Waals surface area contributed by atoms with Crippen molar-refractivity contribution in [3.05, 3.63) is 35.4 Å². The van der Waals surface area contributed by atoms with Crippen molar-refractivity contribution in [1.29, 1.82) is 0 Å². The van der Waals surface area contributed by atoms with E-state index in [1.807, 2.05) is 0 Å². The van der Waals surface area contributed by atoms with E-state index in [1.54, 1.807) is 7.11 Å². The summed E-state index contributed by atoms with van der Waals surface area (Å²) in [5.74, 6) is -1.34. The molecular formula is C11H14F2O2. The Morgan fingerprint density at radius 3 is 2.40 bits per heavy atom. The van der Waals surface area contributed by atoms with Crippen molar-refractivity contribution >= 4 is 0 Å². The first-order valence-corrected chi connectivity index (χ1v) is 4.76. The second-order valence-corrected chi connectivity index (χ2v) is 3.35. The van der Waals surface area contributed by atoms with E-state index in [2.05, 4.69) is 0 Å². The largest absolute Gasteiger partial charge is 0.388 e. The number of benzene rings is 1. The highest BCUT2D eigenvalue weighted by Gasteiger charge is 2.09. The Balaban J connectivity index is 2.60. The van der Waals surface area contributed by atoms with Crippen LogP contribution in [-0.4, -0.2) is 18.8 Å². The minimum Gasteiger partial charge on any atom is -0.388 e. The van der Waals surface area contributed by atoms with Gasteiger partial charge in [-0.05, 0) is 30.5 Å². The Bertz CT molecular complexity index is 295. The van der Waals surface area contributed by atoms with Crippen molar-refractivity contribution in [2.75, 3.05) is 13.7 Å². The van der Waals surface area contributed by atoms with Gasteiger partial charge < -0.3 is 9.84 Å². The molecule has 0 aromatic heterocycles. The summed E-state index contributed by atoms with van der Waals surface area (Å²) >= 11 is 0. The minimum atomic E-state index is -0.842. The highest BCUT2D eigenvalue weighted by Crippen LogP contribution is 2.20. The third-order valence-corrected chi connectivity index (χ3v) is 2.10. The molecule has 15 heavy (non-hydrogen) atoms. The van der Waals surface area contributed by atoms with Crippen LogP contribution in [-0.2, 0) is 4.74 Å². The number of hydrogen-bond acceptors (Lipinski definition) is 2. The summed E-state index contributed by atoms with van der Waals surface area (Å²) in [6, 6.07) is 3.06. The third-order valence-electron chi connectivity index (χ3n) is 2.10. The van der Waals surface area contributed by atoms with Gasteiger partial charge in [0, 0.05) is 19.8 Å². The fourth-order valence-corrected chi connectivity index (χ4v) is 1.36. The number of rotatable bonds is 5. The van der Waals surface area contributed by atoms with Crippen molar-refractivity contribution in [3.8, 4) is 0 Å². The molecule has 0 radical (unpaired) electrons. The second kappa shape index (κ2) is 5.78. The Morgan fingerprint density at radius 1 is 1.27 bits per heavy atom. The number of aliphatic hydroxyl groups is 1. The van der Waals surface area contributed by atoms with E-state index in [-0.39, 0.29) is 5.56 Å². The maximum Gasteiger partial charge on any atom is 0.126 e. The predicted molar refractivity (Wildman–Crippen MR) is 52.4 cm³/mol. The molecule has 0 saturated heterocycles. The van der Waals surface area contributed by atoms with Crippen molar-refractivity contribution in [1.82, 2.24) is 0 Å². The van der Waals surface area contributed by atoms with Crippen molar-refractivity contribution in [2.45, 2.75) is 18.9 Å². The Kier molecular flexibility index (Phi) is 4.65. The Labute approximate surface area is 87.5 Å². The van der Waals surface area contributed by atoms with Crippen LogP contribution >= 0.6 is 0 Å². The number of hydrogen-bond donors (Lipinski definition) is 1. The van der Waals surface area contributed by atoms with E-state index in [9.17, 15) is 13.9 Å². The van der Waals surface area contributed by atoms with Gasteiger partial charge in [0.15, 0.2) is 0 Å². The number of halogens is 2. The third kappa shape index (κ3) is 3.93. The molecule has 2 nitrogen and oxygen atoms in total. The van der Waals surface area contributed by atoms with Gasteiger partial charge in [-0.3, -0.25) is 0 Å². The van der Waals surface area contributed by atoms with Gasteiger partial charge in [0.05, 0.1) is 6.10 Å². The van der Waals surface area contributed by atoms with Crippen LogP contribution in [0.1, 0.15) is 24.5 Å². The topological polar surface area (TPSA) is 29.5 Å². The molecule has 0 aliphatic carbocycles. The fourth-order valence-electron chi connectivity index (χ4n) is 1.36. The first kappa shape index (κ1) is 12.1. The molecule has 0 amide bonds. The van der Waals surface area contributed by atoms with Crippen molar-refractivity contribution in [3.63, 3.8) is 0 Å². The van der Waals surface area contributed by atoms with Gasteiger partial charge in [0.2, 0.25) is 0 Å². The Hall–Kier alpha value is -1.00. The normalized spacial score (nSPS) is 12.8. The van der Waals surface area contributed by atoms with E-state index < -0.39 is 17.7 Å². The van der Waals surface area contributed by atoms with Gasteiger partial charge in [0.25, 0.3) is 0 Å². The summed E-state index contributed by atoms with van der Waals surface area (Å²) in [5.41, 5.74) is 0.267. The quantitative estimate of drug-likeness (QED) is 0.766. The number of methoxy groups -OCH3 is 1. The molecule has 0 saturated carbocycles. The number of aliphatic hydroxyl groups excluding tert-OH is 1. The lowest BCUT2D eigenvalue weighted by Crippen LogP contribution is -2.01. The van der Waals surface area contributed by atoms with Crippen LogP contribution in [0.3, 0.4) is 0 Å². The van der Waals surface area contributed by atoms with E-state index >= 15 is 0 Å². The molecule has 1 unspecified atom stereocenters. The summed E-state index contributed by atoms with van der Waals surface area (Å²) in [6.45, 7) is 0.523. The van der Waals surface area contributed by atoms with Gasteiger partial charge in [-0.2, -0.15) is 0 Å². The molecule has 0 heterocycles. The SMILES string of the molecule is COCCCC(O)c1cc(F)cc(F)c1. The molecule has 4 heteroatoms. The summed E-state index contributed by atoms with van der Waals surface area (Å²) in [7, 11) is 1.56. The van der Waals surface area contributed by atoms with Crippen LogP contribution in [0.25, 0.3) is 0 Å². The lowest BCUT2D eigenvalue weighted by molar-refractivity contribution is 0.135.